The minimum Gasteiger partial charge on any atom is -0.373 e. The summed E-state index contributed by atoms with van der Waals surface area (Å²) in [6.07, 6.45) is 8.27. The zero-order valence-electron chi connectivity index (χ0n) is 17.9. The lowest BCUT2D eigenvalue weighted by Gasteiger charge is -2.22. The molecule has 0 spiro atoms. The molecule has 2 N–H and O–H groups in total. The van der Waals surface area contributed by atoms with Gasteiger partial charge >= 0.3 is 5.69 Å². The standard InChI is InChI=1S/C22H29ClN4O4/c1-25(2)19(28)14-26-11-12-27(22(26)31)16-9-10-18(23)17(13-16)21(30)24-20(29)15-7-5-3-4-6-8-15/h9-13,15,20,29H,3-8,14H2,1-2H3,(H,24,30). The molecule has 1 aromatic heterocycles. The number of imidazole rings is 1. The van der Waals surface area contributed by atoms with E-state index in [0.717, 1.165) is 38.5 Å². The summed E-state index contributed by atoms with van der Waals surface area (Å²) in [4.78, 5) is 38.8. The van der Waals surface area contributed by atoms with E-state index < -0.39 is 17.8 Å². The number of aliphatic hydroxyl groups is 1. The summed E-state index contributed by atoms with van der Waals surface area (Å²) in [6, 6.07) is 4.68. The summed E-state index contributed by atoms with van der Waals surface area (Å²) in [5.74, 6) is -0.665. The average molecular weight is 449 g/mol. The largest absolute Gasteiger partial charge is 0.373 e. The monoisotopic (exact) mass is 448 g/mol. The highest BCUT2D eigenvalue weighted by atomic mass is 35.5. The van der Waals surface area contributed by atoms with Crippen LogP contribution in [0.5, 0.6) is 0 Å². The average Bonchev–Trinajstić information content (AvgIpc) is 2.94. The molecule has 31 heavy (non-hydrogen) atoms. The lowest BCUT2D eigenvalue weighted by molar-refractivity contribution is -0.129. The van der Waals surface area contributed by atoms with Gasteiger partial charge in [-0.3, -0.25) is 18.7 Å². The molecule has 0 bridgehead atoms. The SMILES string of the molecule is CN(C)C(=O)Cn1ccn(-c2ccc(Cl)c(C(=O)NC(O)C3CCCCCC3)c2)c1=O. The first-order valence-corrected chi connectivity index (χ1v) is 10.9. The van der Waals surface area contributed by atoms with Gasteiger partial charge in [0.25, 0.3) is 5.91 Å². The molecule has 1 heterocycles. The number of nitrogens with zero attached hydrogens (tertiary/aromatic N) is 3. The molecule has 0 saturated heterocycles. The van der Waals surface area contributed by atoms with Crippen molar-refractivity contribution in [2.75, 3.05) is 14.1 Å². The minimum absolute atomic E-state index is 0.0271. The molecule has 1 aromatic carbocycles. The van der Waals surface area contributed by atoms with Crippen molar-refractivity contribution >= 4 is 23.4 Å². The first kappa shape index (κ1) is 23.1. The molecule has 9 heteroatoms. The number of hydrogen-bond acceptors (Lipinski definition) is 4. The van der Waals surface area contributed by atoms with Gasteiger partial charge in [-0.05, 0) is 31.0 Å². The Bertz CT molecular complexity index is 990. The van der Waals surface area contributed by atoms with Gasteiger partial charge in [0, 0.05) is 32.4 Å². The Labute approximate surface area is 186 Å². The number of aromatic nitrogens is 2. The van der Waals surface area contributed by atoms with Gasteiger partial charge in [0.1, 0.15) is 12.8 Å². The Morgan fingerprint density at radius 1 is 1.19 bits per heavy atom. The third-order valence-electron chi connectivity index (χ3n) is 5.75. The number of benzene rings is 1. The van der Waals surface area contributed by atoms with Crippen molar-refractivity contribution in [1.82, 2.24) is 19.4 Å². The van der Waals surface area contributed by atoms with Crippen LogP contribution in [0.1, 0.15) is 48.9 Å². The molecule has 1 fully saturated rings. The van der Waals surface area contributed by atoms with Crippen molar-refractivity contribution in [2.45, 2.75) is 51.3 Å². The normalized spacial score (nSPS) is 15.9. The van der Waals surface area contributed by atoms with Gasteiger partial charge in [0.2, 0.25) is 5.91 Å². The topological polar surface area (TPSA) is 96.6 Å². The van der Waals surface area contributed by atoms with E-state index in [1.54, 1.807) is 26.2 Å². The summed E-state index contributed by atoms with van der Waals surface area (Å²) >= 11 is 6.24. The van der Waals surface area contributed by atoms with Crippen LogP contribution in [0, 0.1) is 5.92 Å². The summed E-state index contributed by atoms with van der Waals surface area (Å²) in [7, 11) is 3.25. The van der Waals surface area contributed by atoms with Crippen LogP contribution in [0.3, 0.4) is 0 Å². The van der Waals surface area contributed by atoms with Crippen molar-refractivity contribution in [1.29, 1.82) is 0 Å². The fourth-order valence-electron chi connectivity index (χ4n) is 3.81. The van der Waals surface area contributed by atoms with Crippen LogP contribution in [-0.4, -0.2) is 51.3 Å². The molecule has 1 atom stereocenters. The highest BCUT2D eigenvalue weighted by Crippen LogP contribution is 2.25. The van der Waals surface area contributed by atoms with Crippen LogP contribution in [-0.2, 0) is 11.3 Å². The van der Waals surface area contributed by atoms with E-state index in [1.807, 2.05) is 0 Å². The minimum atomic E-state index is -0.939. The Kier molecular flexibility index (Phi) is 7.56. The zero-order valence-corrected chi connectivity index (χ0v) is 18.6. The predicted molar refractivity (Wildman–Crippen MR) is 118 cm³/mol. The van der Waals surface area contributed by atoms with Crippen LogP contribution in [0.2, 0.25) is 5.02 Å². The second-order valence-corrected chi connectivity index (χ2v) is 8.61. The zero-order chi connectivity index (χ0) is 22.5. The number of likely N-dealkylation sites (N-methyl/N-ethyl adjacent to an activating group) is 1. The second kappa shape index (κ2) is 10.2. The highest BCUT2D eigenvalue weighted by molar-refractivity contribution is 6.33. The van der Waals surface area contributed by atoms with Crippen LogP contribution in [0.4, 0.5) is 0 Å². The molecule has 168 valence electrons. The number of halogens is 1. The fourth-order valence-corrected chi connectivity index (χ4v) is 4.01. The maximum absolute atomic E-state index is 12.8. The van der Waals surface area contributed by atoms with E-state index >= 15 is 0 Å². The first-order chi connectivity index (χ1) is 14.8. The number of hydrogen-bond donors (Lipinski definition) is 2. The van der Waals surface area contributed by atoms with E-state index in [4.69, 9.17) is 11.6 Å². The Morgan fingerprint density at radius 3 is 2.52 bits per heavy atom. The molecule has 0 radical (unpaired) electrons. The number of rotatable bonds is 6. The van der Waals surface area contributed by atoms with Crippen molar-refractivity contribution in [3.63, 3.8) is 0 Å². The van der Waals surface area contributed by atoms with Gasteiger partial charge in [-0.25, -0.2) is 4.79 Å². The van der Waals surface area contributed by atoms with Crippen molar-refractivity contribution in [3.8, 4) is 5.69 Å². The van der Waals surface area contributed by atoms with E-state index in [9.17, 15) is 19.5 Å². The third-order valence-corrected chi connectivity index (χ3v) is 6.08. The number of aliphatic hydroxyl groups excluding tert-OH is 1. The van der Waals surface area contributed by atoms with E-state index in [0.29, 0.717) is 5.69 Å². The van der Waals surface area contributed by atoms with Crippen molar-refractivity contribution < 1.29 is 14.7 Å². The summed E-state index contributed by atoms with van der Waals surface area (Å²) < 4.78 is 2.64. The quantitative estimate of drug-likeness (QED) is 0.523. The van der Waals surface area contributed by atoms with Crippen LogP contribution in [0.25, 0.3) is 5.69 Å². The van der Waals surface area contributed by atoms with Crippen LogP contribution in [0.15, 0.2) is 35.4 Å². The van der Waals surface area contributed by atoms with Crippen molar-refractivity contribution in [2.24, 2.45) is 5.92 Å². The maximum atomic E-state index is 12.8. The lowest BCUT2D eigenvalue weighted by Crippen LogP contribution is -2.40. The molecule has 1 unspecified atom stereocenters. The number of nitrogens with one attached hydrogen (secondary N) is 1. The molecular weight excluding hydrogens is 420 g/mol. The Morgan fingerprint density at radius 2 is 1.87 bits per heavy atom. The van der Waals surface area contributed by atoms with E-state index in [2.05, 4.69) is 5.32 Å². The van der Waals surface area contributed by atoms with Gasteiger partial charge in [-0.15, -0.1) is 0 Å². The van der Waals surface area contributed by atoms with Gasteiger partial charge in [-0.1, -0.05) is 37.3 Å². The molecule has 2 amide bonds. The van der Waals surface area contributed by atoms with E-state index in [-0.39, 0.29) is 29.0 Å². The molecule has 0 aliphatic heterocycles. The number of amides is 2. The van der Waals surface area contributed by atoms with Gasteiger partial charge in [0.05, 0.1) is 16.3 Å². The lowest BCUT2D eigenvalue weighted by atomic mass is 9.98. The smallest absolute Gasteiger partial charge is 0.333 e. The molecule has 1 saturated carbocycles. The first-order valence-electron chi connectivity index (χ1n) is 10.5. The molecular formula is C22H29ClN4O4. The number of carbonyl (C=O) groups is 2. The van der Waals surface area contributed by atoms with Gasteiger partial charge in [0.15, 0.2) is 0 Å². The molecule has 3 rings (SSSR count). The fraction of sp³-hybridized carbons (Fsp3) is 0.500. The van der Waals surface area contributed by atoms with Crippen LogP contribution >= 0.6 is 11.6 Å². The molecule has 1 aliphatic carbocycles. The maximum Gasteiger partial charge on any atom is 0.333 e. The Hall–Kier alpha value is -2.58. The summed E-state index contributed by atoms with van der Waals surface area (Å²) in [6.45, 7) is -0.0760. The summed E-state index contributed by atoms with van der Waals surface area (Å²) in [5, 5.41) is 13.4. The molecule has 8 nitrogen and oxygen atoms in total. The van der Waals surface area contributed by atoms with Crippen molar-refractivity contribution in [3.05, 3.63) is 51.7 Å². The third kappa shape index (κ3) is 5.57. The van der Waals surface area contributed by atoms with Crippen LogP contribution < -0.4 is 11.0 Å². The van der Waals surface area contributed by atoms with Gasteiger partial charge < -0.3 is 15.3 Å². The van der Waals surface area contributed by atoms with Gasteiger partial charge in [-0.2, -0.15) is 0 Å². The molecule has 1 aliphatic rings. The predicted octanol–water partition coefficient (Wildman–Crippen LogP) is 2.40. The summed E-state index contributed by atoms with van der Waals surface area (Å²) in [5.41, 5.74) is 0.220. The van der Waals surface area contributed by atoms with E-state index in [1.165, 1.54) is 32.5 Å². The number of carbonyl (C=O) groups excluding carboxylic acids is 2. The Balaban J connectivity index is 1.79. The second-order valence-electron chi connectivity index (χ2n) is 8.20. The molecule has 2 aromatic rings. The highest BCUT2D eigenvalue weighted by Gasteiger charge is 2.24.